The Labute approximate surface area is 85.1 Å². The van der Waals surface area contributed by atoms with Crippen LogP contribution in [0.1, 0.15) is 0 Å². The minimum Gasteiger partial charge on any atom is -0.206 e. The van der Waals surface area contributed by atoms with E-state index in [-0.39, 0.29) is 0 Å². The predicted octanol–water partition coefficient (Wildman–Crippen LogP) is 3.67. The minimum absolute atomic E-state index is 0.498. The number of hydrogen-bond acceptors (Lipinski definition) is 0. The molecule has 0 heterocycles. The van der Waals surface area contributed by atoms with Gasteiger partial charge in [-0.1, -0.05) is 0 Å². The van der Waals surface area contributed by atoms with Gasteiger partial charge in [0.05, 0.1) is 10.8 Å². The molecule has 2 aromatic rings. The van der Waals surface area contributed by atoms with Crippen LogP contribution < -0.4 is 0 Å². The van der Waals surface area contributed by atoms with E-state index in [1.165, 1.54) is 0 Å². The first-order chi connectivity index (χ1) is 7.45. The molecule has 0 spiro atoms. The maximum absolute atomic E-state index is 13.1. The van der Waals surface area contributed by atoms with Gasteiger partial charge in [0.1, 0.15) is 11.6 Å². The van der Waals surface area contributed by atoms with Crippen molar-refractivity contribution < 1.29 is 26.3 Å². The van der Waals surface area contributed by atoms with E-state index in [0.29, 0.717) is 12.1 Å². The first-order valence-electron chi connectivity index (χ1n) is 4.04. The fraction of sp³-hybridized carbons (Fsp3) is 0. The van der Waals surface area contributed by atoms with Crippen molar-refractivity contribution in [2.24, 2.45) is 0 Å². The minimum atomic E-state index is -2.17. The van der Waals surface area contributed by atoms with Crippen LogP contribution in [0.15, 0.2) is 12.1 Å². The molecule has 0 bridgehead atoms. The molecule has 0 amide bonds. The Morgan fingerprint density at radius 1 is 0.500 bits per heavy atom. The lowest BCUT2D eigenvalue weighted by atomic mass is 10.1. The van der Waals surface area contributed by atoms with Crippen molar-refractivity contribution in [1.82, 2.24) is 0 Å². The van der Waals surface area contributed by atoms with Gasteiger partial charge < -0.3 is 0 Å². The molecule has 0 radical (unpaired) electrons. The molecule has 6 heteroatoms. The van der Waals surface area contributed by atoms with Gasteiger partial charge in [0, 0.05) is 0 Å². The maximum atomic E-state index is 13.1. The number of halogens is 6. The van der Waals surface area contributed by atoms with Crippen molar-refractivity contribution in [3.63, 3.8) is 0 Å². The largest absolute Gasteiger partial charge is 0.206 e. The van der Waals surface area contributed by atoms with Crippen LogP contribution in [0.5, 0.6) is 0 Å². The van der Waals surface area contributed by atoms with Gasteiger partial charge in [-0.05, 0) is 12.1 Å². The molecule has 0 aliphatic heterocycles. The summed E-state index contributed by atoms with van der Waals surface area (Å²) >= 11 is 0. The summed E-state index contributed by atoms with van der Waals surface area (Å²) in [6, 6.07) is 0.995. The lowest BCUT2D eigenvalue weighted by Gasteiger charge is -2.06. The Morgan fingerprint density at radius 3 is 1.12 bits per heavy atom. The highest BCUT2D eigenvalue weighted by Crippen LogP contribution is 2.30. The van der Waals surface area contributed by atoms with Gasteiger partial charge in [0.2, 0.25) is 0 Å². The van der Waals surface area contributed by atoms with Crippen molar-refractivity contribution >= 4 is 10.8 Å². The third-order valence-electron chi connectivity index (χ3n) is 2.12. The van der Waals surface area contributed by atoms with E-state index < -0.39 is 45.7 Å². The lowest BCUT2D eigenvalue weighted by Crippen LogP contribution is -2.01. The summed E-state index contributed by atoms with van der Waals surface area (Å²) in [5.74, 6) is -11.0. The molecule has 0 aromatic heterocycles. The maximum Gasteiger partial charge on any atom is 0.198 e. The van der Waals surface area contributed by atoms with E-state index in [0.717, 1.165) is 0 Å². The normalized spacial score (nSPS) is 11.1. The van der Waals surface area contributed by atoms with Crippen LogP contribution in [0.2, 0.25) is 0 Å². The van der Waals surface area contributed by atoms with Crippen LogP contribution in [0, 0.1) is 34.9 Å². The Balaban J connectivity index is 3.14. The molecule has 0 N–H and O–H groups in total. The fourth-order valence-corrected chi connectivity index (χ4v) is 1.39. The van der Waals surface area contributed by atoms with Crippen LogP contribution in [0.3, 0.4) is 0 Å². The average Bonchev–Trinajstić information content (AvgIpc) is 2.26. The highest BCUT2D eigenvalue weighted by atomic mass is 19.2. The van der Waals surface area contributed by atoms with Crippen molar-refractivity contribution in [2.45, 2.75) is 0 Å². The summed E-state index contributed by atoms with van der Waals surface area (Å²) in [5.41, 5.74) is 0. The summed E-state index contributed by atoms with van der Waals surface area (Å²) in [5, 5.41) is -2.48. The van der Waals surface area contributed by atoms with Crippen molar-refractivity contribution in [3.05, 3.63) is 47.0 Å². The molecule has 0 fully saturated rings. The number of benzene rings is 2. The Hall–Kier alpha value is -1.72. The van der Waals surface area contributed by atoms with E-state index in [2.05, 4.69) is 0 Å². The molecule has 0 nitrogen and oxygen atoms in total. The smallest absolute Gasteiger partial charge is 0.198 e. The highest BCUT2D eigenvalue weighted by molar-refractivity contribution is 5.85. The van der Waals surface area contributed by atoms with Crippen molar-refractivity contribution in [2.75, 3.05) is 0 Å². The van der Waals surface area contributed by atoms with Gasteiger partial charge in [-0.15, -0.1) is 0 Å². The number of hydrogen-bond donors (Lipinski definition) is 0. The highest BCUT2D eigenvalue weighted by Gasteiger charge is 2.24. The molecule has 0 atom stereocenters. The molecule has 16 heavy (non-hydrogen) atoms. The summed E-state index contributed by atoms with van der Waals surface area (Å²) < 4.78 is 77.8. The van der Waals surface area contributed by atoms with Gasteiger partial charge in [-0.3, -0.25) is 0 Å². The number of rotatable bonds is 0. The molecule has 0 saturated carbocycles. The summed E-state index contributed by atoms with van der Waals surface area (Å²) in [6.07, 6.45) is 0. The summed E-state index contributed by atoms with van der Waals surface area (Å²) in [6.45, 7) is 0. The third-order valence-corrected chi connectivity index (χ3v) is 2.12. The second-order valence-corrected chi connectivity index (χ2v) is 3.04. The molecule has 0 aliphatic rings. The van der Waals surface area contributed by atoms with Crippen LogP contribution in [0.4, 0.5) is 26.3 Å². The monoisotopic (exact) mass is 236 g/mol. The van der Waals surface area contributed by atoms with Crippen LogP contribution >= 0.6 is 0 Å². The molecular weight excluding hydrogens is 234 g/mol. The SMILES string of the molecule is Fc1c(F)c(F)c2c(F)ccc(F)c2c1F. The van der Waals surface area contributed by atoms with E-state index in [1.54, 1.807) is 0 Å². The van der Waals surface area contributed by atoms with Gasteiger partial charge in [0.25, 0.3) is 0 Å². The second kappa shape index (κ2) is 3.40. The molecule has 0 aliphatic carbocycles. The Morgan fingerprint density at radius 2 is 0.812 bits per heavy atom. The van der Waals surface area contributed by atoms with E-state index in [4.69, 9.17) is 0 Å². The third kappa shape index (κ3) is 1.26. The van der Waals surface area contributed by atoms with Crippen molar-refractivity contribution in [1.29, 1.82) is 0 Å². The van der Waals surface area contributed by atoms with Crippen LogP contribution in [-0.4, -0.2) is 0 Å². The fourth-order valence-electron chi connectivity index (χ4n) is 1.39. The van der Waals surface area contributed by atoms with E-state index in [9.17, 15) is 26.3 Å². The van der Waals surface area contributed by atoms with Gasteiger partial charge in [-0.25, -0.2) is 26.3 Å². The second-order valence-electron chi connectivity index (χ2n) is 3.04. The van der Waals surface area contributed by atoms with Gasteiger partial charge in [-0.2, -0.15) is 0 Å². The van der Waals surface area contributed by atoms with Gasteiger partial charge >= 0.3 is 0 Å². The molecule has 0 saturated heterocycles. The van der Waals surface area contributed by atoms with Crippen LogP contribution in [0.25, 0.3) is 10.8 Å². The topological polar surface area (TPSA) is 0 Å². The van der Waals surface area contributed by atoms with Crippen LogP contribution in [-0.2, 0) is 0 Å². The lowest BCUT2D eigenvalue weighted by molar-refractivity contribution is 0.414. The zero-order valence-corrected chi connectivity index (χ0v) is 7.42. The quantitative estimate of drug-likeness (QED) is 0.372. The zero-order chi connectivity index (χ0) is 12.0. The van der Waals surface area contributed by atoms with E-state index >= 15 is 0 Å². The Bertz CT molecular complexity index is 537. The first kappa shape index (κ1) is 10.8. The zero-order valence-electron chi connectivity index (χ0n) is 7.42. The standard InChI is InChI=1S/C10H2F6/c11-3-1-2-4(12)6-5(3)7(13)9(15)10(16)8(6)14/h1-2H. The van der Waals surface area contributed by atoms with E-state index in [1.807, 2.05) is 0 Å². The van der Waals surface area contributed by atoms with Gasteiger partial charge in [0.15, 0.2) is 23.3 Å². The average molecular weight is 236 g/mol. The first-order valence-corrected chi connectivity index (χ1v) is 4.04. The summed E-state index contributed by atoms with van der Waals surface area (Å²) in [7, 11) is 0. The molecule has 84 valence electrons. The predicted molar refractivity (Wildman–Crippen MR) is 43.7 cm³/mol. The molecule has 2 rings (SSSR count). The molecular formula is C10H2F6. The summed E-state index contributed by atoms with van der Waals surface area (Å²) in [4.78, 5) is 0. The van der Waals surface area contributed by atoms with Crippen molar-refractivity contribution in [3.8, 4) is 0 Å². The number of fused-ring (bicyclic) bond motifs is 1. The molecule has 0 unspecified atom stereocenters. The Kier molecular flexibility index (Phi) is 2.29. The molecule has 2 aromatic carbocycles.